The van der Waals surface area contributed by atoms with Crippen molar-refractivity contribution in [1.29, 1.82) is 0 Å². The number of hydrogen-bond donors (Lipinski definition) is 4. The second-order valence-electron chi connectivity index (χ2n) is 3.53. The summed E-state index contributed by atoms with van der Waals surface area (Å²) in [4.78, 5) is 22.5. The molecule has 4 N–H and O–H groups in total. The Morgan fingerprint density at radius 1 is 1.32 bits per heavy atom. The van der Waals surface area contributed by atoms with Crippen molar-refractivity contribution in [2.75, 3.05) is 10.6 Å². The number of halogens is 1. The third kappa shape index (κ3) is 2.86. The number of benzene rings is 1. The number of carbonyl (C=O) groups excluding carboxylic acids is 1. The number of nitrogens with one attached hydrogen (secondary N) is 3. The summed E-state index contributed by atoms with van der Waals surface area (Å²) in [6.07, 6.45) is 2.80. The van der Waals surface area contributed by atoms with Crippen molar-refractivity contribution in [3.05, 3.63) is 42.0 Å². The normalized spacial score (nSPS) is 9.95. The quantitative estimate of drug-likeness (QED) is 0.679. The minimum atomic E-state index is -1.46. The van der Waals surface area contributed by atoms with Gasteiger partial charge in [-0.2, -0.15) is 5.10 Å². The van der Waals surface area contributed by atoms with E-state index in [2.05, 4.69) is 20.8 Å². The average Bonchev–Trinajstić information content (AvgIpc) is 2.81. The van der Waals surface area contributed by atoms with E-state index in [1.54, 1.807) is 0 Å². The summed E-state index contributed by atoms with van der Waals surface area (Å²) in [7, 11) is 0. The Balaban J connectivity index is 2.17. The van der Waals surface area contributed by atoms with Crippen molar-refractivity contribution in [2.24, 2.45) is 0 Å². The van der Waals surface area contributed by atoms with Crippen molar-refractivity contribution in [3.63, 3.8) is 0 Å². The van der Waals surface area contributed by atoms with Crippen LogP contribution in [0.15, 0.2) is 30.6 Å². The largest absolute Gasteiger partial charge is 0.478 e. The van der Waals surface area contributed by atoms with Gasteiger partial charge in [-0.25, -0.2) is 14.0 Å². The fourth-order valence-corrected chi connectivity index (χ4v) is 1.45. The van der Waals surface area contributed by atoms with Crippen molar-refractivity contribution in [2.45, 2.75) is 0 Å². The lowest BCUT2D eigenvalue weighted by molar-refractivity contribution is 0.0693. The van der Waals surface area contributed by atoms with Crippen LogP contribution in [-0.4, -0.2) is 27.3 Å². The van der Waals surface area contributed by atoms with Gasteiger partial charge in [0.1, 0.15) is 11.4 Å². The number of anilines is 2. The number of carboxylic acid groups (broad SMARTS) is 1. The smallest absolute Gasteiger partial charge is 0.340 e. The molecule has 0 unspecified atom stereocenters. The first-order valence-corrected chi connectivity index (χ1v) is 5.16. The van der Waals surface area contributed by atoms with Gasteiger partial charge in [-0.15, -0.1) is 0 Å². The molecule has 0 aliphatic rings. The third-order valence-corrected chi connectivity index (χ3v) is 2.23. The third-order valence-electron chi connectivity index (χ3n) is 2.23. The highest BCUT2D eigenvalue weighted by molar-refractivity contribution is 6.04. The van der Waals surface area contributed by atoms with Gasteiger partial charge in [-0.05, 0) is 12.1 Å². The highest BCUT2D eigenvalue weighted by atomic mass is 19.1. The average molecular weight is 264 g/mol. The van der Waals surface area contributed by atoms with Gasteiger partial charge in [0.15, 0.2) is 0 Å². The van der Waals surface area contributed by atoms with Gasteiger partial charge in [0, 0.05) is 6.20 Å². The highest BCUT2D eigenvalue weighted by Crippen LogP contribution is 2.19. The molecule has 0 saturated heterocycles. The monoisotopic (exact) mass is 264 g/mol. The molecule has 0 saturated carbocycles. The number of aromatic nitrogens is 2. The predicted octanol–water partition coefficient (Wildman–Crippen LogP) is 1.89. The van der Waals surface area contributed by atoms with Crippen LogP contribution in [0.4, 0.5) is 20.6 Å². The van der Waals surface area contributed by atoms with Crippen molar-refractivity contribution in [3.8, 4) is 0 Å². The molecule has 0 atom stereocenters. The van der Waals surface area contributed by atoms with E-state index in [-0.39, 0.29) is 5.69 Å². The van der Waals surface area contributed by atoms with Crippen LogP contribution in [-0.2, 0) is 0 Å². The minimum absolute atomic E-state index is 0.131. The van der Waals surface area contributed by atoms with Crippen LogP contribution in [0.2, 0.25) is 0 Å². The first kappa shape index (κ1) is 12.6. The zero-order valence-corrected chi connectivity index (χ0v) is 9.48. The van der Waals surface area contributed by atoms with Gasteiger partial charge < -0.3 is 15.7 Å². The van der Waals surface area contributed by atoms with E-state index in [4.69, 9.17) is 5.11 Å². The molecule has 1 heterocycles. The molecule has 1 aromatic carbocycles. The fourth-order valence-electron chi connectivity index (χ4n) is 1.45. The molecule has 8 heteroatoms. The molecule has 0 spiro atoms. The van der Waals surface area contributed by atoms with Gasteiger partial charge in [0.25, 0.3) is 0 Å². The van der Waals surface area contributed by atoms with Crippen molar-refractivity contribution >= 4 is 23.4 Å². The molecular weight excluding hydrogens is 255 g/mol. The van der Waals surface area contributed by atoms with Crippen LogP contribution in [0.1, 0.15) is 10.4 Å². The van der Waals surface area contributed by atoms with Gasteiger partial charge >= 0.3 is 12.0 Å². The Labute approximate surface area is 106 Å². The van der Waals surface area contributed by atoms with Crippen LogP contribution in [0.5, 0.6) is 0 Å². The molecule has 1 aromatic heterocycles. The lowest BCUT2D eigenvalue weighted by Gasteiger charge is -2.09. The zero-order chi connectivity index (χ0) is 13.8. The Hall–Kier alpha value is -2.90. The van der Waals surface area contributed by atoms with E-state index in [0.29, 0.717) is 5.69 Å². The predicted molar refractivity (Wildman–Crippen MR) is 64.6 cm³/mol. The number of nitrogens with zero attached hydrogens (tertiary/aromatic N) is 1. The van der Waals surface area contributed by atoms with E-state index in [9.17, 15) is 14.0 Å². The van der Waals surface area contributed by atoms with Gasteiger partial charge in [-0.1, -0.05) is 6.07 Å². The number of urea groups is 1. The molecule has 2 rings (SSSR count). The summed E-state index contributed by atoms with van der Waals surface area (Å²) in [5.41, 5.74) is -0.330. The lowest BCUT2D eigenvalue weighted by atomic mass is 10.1. The Morgan fingerprint density at radius 3 is 2.74 bits per heavy atom. The van der Waals surface area contributed by atoms with Crippen molar-refractivity contribution in [1.82, 2.24) is 10.2 Å². The standard InChI is InChI=1S/C11H9FN4O3/c12-7-2-1-3-8(9(7)10(17)18)16-11(19)15-6-4-13-14-5-6/h1-5H,(H,13,14)(H,17,18)(H2,15,16,19). The van der Waals surface area contributed by atoms with Gasteiger partial charge in [0.05, 0.1) is 17.6 Å². The van der Waals surface area contributed by atoms with E-state index in [1.807, 2.05) is 0 Å². The molecule has 0 aliphatic heterocycles. The number of H-pyrrole nitrogens is 1. The Bertz CT molecular complexity index is 612. The molecule has 0 radical (unpaired) electrons. The highest BCUT2D eigenvalue weighted by Gasteiger charge is 2.17. The molecule has 2 aromatic rings. The first-order valence-electron chi connectivity index (χ1n) is 5.16. The fraction of sp³-hybridized carbons (Fsp3) is 0. The minimum Gasteiger partial charge on any atom is -0.478 e. The second-order valence-corrected chi connectivity index (χ2v) is 3.53. The number of aromatic carboxylic acids is 1. The summed E-state index contributed by atoms with van der Waals surface area (Å²) < 4.78 is 13.4. The van der Waals surface area contributed by atoms with E-state index >= 15 is 0 Å². The number of amides is 2. The van der Waals surface area contributed by atoms with Crippen molar-refractivity contribution < 1.29 is 19.1 Å². The number of carbonyl (C=O) groups is 2. The SMILES string of the molecule is O=C(Nc1cn[nH]c1)Nc1cccc(F)c1C(=O)O. The van der Waals surface area contributed by atoms with Gasteiger partial charge in [-0.3, -0.25) is 5.10 Å². The molecule has 0 fully saturated rings. The zero-order valence-electron chi connectivity index (χ0n) is 9.48. The number of aromatic amines is 1. The maximum Gasteiger partial charge on any atom is 0.340 e. The molecule has 7 nitrogen and oxygen atoms in total. The molecule has 0 bridgehead atoms. The molecule has 98 valence electrons. The van der Waals surface area contributed by atoms with Crippen LogP contribution in [0.25, 0.3) is 0 Å². The van der Waals surface area contributed by atoms with E-state index < -0.39 is 23.4 Å². The number of rotatable bonds is 3. The summed E-state index contributed by atoms with van der Waals surface area (Å²) in [5, 5.41) is 19.7. The maximum absolute atomic E-state index is 13.4. The lowest BCUT2D eigenvalue weighted by Crippen LogP contribution is -2.21. The molecule has 0 aliphatic carbocycles. The van der Waals surface area contributed by atoms with Crippen LogP contribution < -0.4 is 10.6 Å². The molecular formula is C11H9FN4O3. The summed E-state index contributed by atoms with van der Waals surface area (Å²) in [6, 6.07) is 2.90. The molecule has 19 heavy (non-hydrogen) atoms. The molecule has 2 amide bonds. The van der Waals surface area contributed by atoms with E-state index in [0.717, 1.165) is 6.07 Å². The summed E-state index contributed by atoms with van der Waals surface area (Å²) >= 11 is 0. The van der Waals surface area contributed by atoms with Gasteiger partial charge in [0.2, 0.25) is 0 Å². The summed E-state index contributed by atoms with van der Waals surface area (Å²) in [5.74, 6) is -2.38. The Morgan fingerprint density at radius 2 is 2.11 bits per heavy atom. The van der Waals surface area contributed by atoms with E-state index in [1.165, 1.54) is 24.5 Å². The maximum atomic E-state index is 13.4. The number of carboxylic acids is 1. The second kappa shape index (κ2) is 5.17. The Kier molecular flexibility index (Phi) is 3.42. The topological polar surface area (TPSA) is 107 Å². The van der Waals surface area contributed by atoms with Crippen LogP contribution in [0.3, 0.4) is 0 Å². The van der Waals surface area contributed by atoms with Crippen LogP contribution in [0, 0.1) is 5.82 Å². The number of hydrogen-bond acceptors (Lipinski definition) is 3. The first-order chi connectivity index (χ1) is 9.08. The summed E-state index contributed by atoms with van der Waals surface area (Å²) in [6.45, 7) is 0. The van der Waals surface area contributed by atoms with Crippen LogP contribution >= 0.6 is 0 Å².